The molecule has 2 aromatic carbocycles. The summed E-state index contributed by atoms with van der Waals surface area (Å²) >= 11 is 6.48. The number of allylic oxidation sites excluding steroid dienone is 1. The van der Waals surface area contributed by atoms with E-state index in [1.54, 1.807) is 25.1 Å². The van der Waals surface area contributed by atoms with Gasteiger partial charge in [-0.1, -0.05) is 36.4 Å². The van der Waals surface area contributed by atoms with Crippen LogP contribution < -0.4 is 4.74 Å². The van der Waals surface area contributed by atoms with Gasteiger partial charge in [-0.3, -0.25) is 0 Å². The topological polar surface area (TPSA) is 97.6 Å². The van der Waals surface area contributed by atoms with Crippen molar-refractivity contribution in [1.82, 2.24) is 0 Å². The molecule has 0 saturated carbocycles. The zero-order chi connectivity index (χ0) is 23.8. The van der Waals surface area contributed by atoms with Gasteiger partial charge in [-0.05, 0) is 55.7 Å². The lowest BCUT2D eigenvalue weighted by molar-refractivity contribution is -0.330. The van der Waals surface area contributed by atoms with Gasteiger partial charge in [0.25, 0.3) is 0 Å². The molecule has 2 saturated heterocycles. The predicted octanol–water partition coefficient (Wildman–Crippen LogP) is 2.91. The Labute approximate surface area is 198 Å². The standard InChI is InChI=1S/C25H29ClO7/c1-4-30-19-8-5-16(6-9-19)11-17-12-18(7-10-20(17)26)25-23(29)21(27)22(28)24(33-25,14-32-25)13-31-15(2)3/h5-10,12,21-23,27-29H,2,4,11,13-14H2,1,3H3/t21-,22-,23+,24-,25-/m0/s1. The third-order valence-corrected chi connectivity index (χ3v) is 6.47. The predicted molar refractivity (Wildman–Crippen MR) is 122 cm³/mol. The van der Waals surface area contributed by atoms with E-state index >= 15 is 0 Å². The van der Waals surface area contributed by atoms with E-state index in [1.807, 2.05) is 31.2 Å². The van der Waals surface area contributed by atoms with Crippen LogP contribution in [0.1, 0.15) is 30.5 Å². The van der Waals surface area contributed by atoms with Crippen molar-refractivity contribution in [3.05, 3.63) is 76.5 Å². The molecule has 0 amide bonds. The summed E-state index contributed by atoms with van der Waals surface area (Å²) in [6.45, 7) is 7.74. The maximum absolute atomic E-state index is 10.9. The van der Waals surface area contributed by atoms with Crippen LogP contribution >= 0.6 is 11.6 Å². The molecular formula is C25H29ClO7. The largest absolute Gasteiger partial charge is 0.496 e. The second kappa shape index (κ2) is 9.25. The highest BCUT2D eigenvalue weighted by Crippen LogP contribution is 2.50. The van der Waals surface area contributed by atoms with Crippen LogP contribution in [0.15, 0.2) is 54.8 Å². The molecule has 178 valence electrons. The summed E-state index contributed by atoms with van der Waals surface area (Å²) in [4.78, 5) is 0. The van der Waals surface area contributed by atoms with Gasteiger partial charge < -0.3 is 34.3 Å². The molecule has 2 aromatic rings. The third kappa shape index (κ3) is 4.37. The van der Waals surface area contributed by atoms with Crippen LogP contribution in [0.3, 0.4) is 0 Å². The summed E-state index contributed by atoms with van der Waals surface area (Å²) in [5, 5.41) is 32.7. The lowest BCUT2D eigenvalue weighted by atomic mass is 9.83. The van der Waals surface area contributed by atoms with Gasteiger partial charge in [-0.25, -0.2) is 0 Å². The maximum atomic E-state index is 10.9. The van der Waals surface area contributed by atoms with Crippen molar-refractivity contribution in [3.63, 3.8) is 0 Å². The number of rotatable bonds is 8. The Balaban J connectivity index is 1.64. The fourth-order valence-electron chi connectivity index (χ4n) is 4.32. The average Bonchev–Trinajstić information content (AvgIpc) is 3.18. The Hall–Kier alpha value is -2.13. The van der Waals surface area contributed by atoms with Gasteiger partial charge in [-0.2, -0.15) is 0 Å². The van der Waals surface area contributed by atoms with Gasteiger partial charge in [0.1, 0.15) is 30.7 Å². The van der Waals surface area contributed by atoms with E-state index in [2.05, 4.69) is 6.58 Å². The average molecular weight is 477 g/mol. The smallest absolute Gasteiger partial charge is 0.225 e. The van der Waals surface area contributed by atoms with Gasteiger partial charge in [0, 0.05) is 10.6 Å². The summed E-state index contributed by atoms with van der Waals surface area (Å²) in [5.74, 6) is -0.448. The number of fused-ring (bicyclic) bond motifs is 2. The monoisotopic (exact) mass is 476 g/mol. The van der Waals surface area contributed by atoms with Crippen molar-refractivity contribution < 1.29 is 34.3 Å². The number of hydrogen-bond acceptors (Lipinski definition) is 7. The Morgan fingerprint density at radius 1 is 1.15 bits per heavy atom. The Morgan fingerprint density at radius 2 is 1.88 bits per heavy atom. The number of hydrogen-bond donors (Lipinski definition) is 3. The van der Waals surface area contributed by atoms with E-state index in [0.717, 1.165) is 16.9 Å². The first-order valence-corrected chi connectivity index (χ1v) is 11.3. The summed E-state index contributed by atoms with van der Waals surface area (Å²) in [6.07, 6.45) is -3.90. The number of halogens is 1. The highest BCUT2D eigenvalue weighted by atomic mass is 35.5. The molecule has 33 heavy (non-hydrogen) atoms. The molecule has 2 bridgehead atoms. The zero-order valence-electron chi connectivity index (χ0n) is 18.7. The van der Waals surface area contributed by atoms with Gasteiger partial charge in [0.2, 0.25) is 5.79 Å². The minimum absolute atomic E-state index is 0.0770. The van der Waals surface area contributed by atoms with Crippen molar-refractivity contribution in [2.75, 3.05) is 19.8 Å². The number of aliphatic hydroxyl groups is 3. The van der Waals surface area contributed by atoms with Crippen LogP contribution in [0, 0.1) is 0 Å². The second-order valence-corrected chi connectivity index (χ2v) is 8.96. The fourth-order valence-corrected chi connectivity index (χ4v) is 4.51. The van der Waals surface area contributed by atoms with Crippen LogP contribution in [0.2, 0.25) is 5.02 Å². The highest BCUT2D eigenvalue weighted by molar-refractivity contribution is 6.31. The molecule has 2 fully saturated rings. The van der Waals surface area contributed by atoms with Gasteiger partial charge in [-0.15, -0.1) is 0 Å². The van der Waals surface area contributed by atoms with Gasteiger partial charge in [0.05, 0.1) is 19.0 Å². The molecule has 0 radical (unpaired) electrons. The first-order valence-electron chi connectivity index (χ1n) is 10.9. The molecule has 2 aliphatic rings. The van der Waals surface area contributed by atoms with E-state index in [0.29, 0.717) is 29.4 Å². The van der Waals surface area contributed by atoms with Crippen LogP contribution in [-0.2, 0) is 26.4 Å². The Kier molecular flexibility index (Phi) is 6.73. The first kappa shape index (κ1) is 24.0. The van der Waals surface area contributed by atoms with E-state index in [9.17, 15) is 15.3 Å². The number of benzene rings is 2. The summed E-state index contributed by atoms with van der Waals surface area (Å²) in [6, 6.07) is 12.9. The molecule has 0 unspecified atom stereocenters. The molecular weight excluding hydrogens is 448 g/mol. The summed E-state index contributed by atoms with van der Waals surface area (Å²) < 4.78 is 23.1. The second-order valence-electron chi connectivity index (χ2n) is 8.55. The lowest BCUT2D eigenvalue weighted by Gasteiger charge is -2.46. The number of ether oxygens (including phenoxy) is 4. The van der Waals surface area contributed by atoms with Crippen LogP contribution in [0.25, 0.3) is 0 Å². The molecule has 2 heterocycles. The third-order valence-electron chi connectivity index (χ3n) is 6.10. The van der Waals surface area contributed by atoms with Gasteiger partial charge >= 0.3 is 0 Å². The van der Waals surface area contributed by atoms with E-state index in [-0.39, 0.29) is 13.2 Å². The quantitative estimate of drug-likeness (QED) is 0.504. The van der Waals surface area contributed by atoms with E-state index in [4.69, 9.17) is 30.5 Å². The van der Waals surface area contributed by atoms with Crippen LogP contribution in [0.4, 0.5) is 0 Å². The Morgan fingerprint density at radius 3 is 2.55 bits per heavy atom. The molecule has 0 aromatic heterocycles. The molecule has 0 aliphatic carbocycles. The first-order chi connectivity index (χ1) is 15.7. The van der Waals surface area contributed by atoms with E-state index in [1.165, 1.54) is 0 Å². The molecule has 4 rings (SSSR count). The maximum Gasteiger partial charge on any atom is 0.225 e. The zero-order valence-corrected chi connectivity index (χ0v) is 19.4. The highest BCUT2D eigenvalue weighted by Gasteiger charge is 2.67. The van der Waals surface area contributed by atoms with Crippen molar-refractivity contribution in [1.29, 1.82) is 0 Å². The normalized spacial score (nSPS) is 30.8. The van der Waals surface area contributed by atoms with Crippen molar-refractivity contribution in [2.45, 2.75) is 50.0 Å². The van der Waals surface area contributed by atoms with Crippen molar-refractivity contribution in [3.8, 4) is 5.75 Å². The SMILES string of the molecule is C=C(C)OC[C@@]12CO[C@@](c3ccc(Cl)c(Cc4ccc(OCC)cc4)c3)(O1)[C@H](O)[C@@H](O)[C@@H]2O. The summed E-state index contributed by atoms with van der Waals surface area (Å²) in [5.41, 5.74) is 0.950. The van der Waals surface area contributed by atoms with Crippen LogP contribution in [0.5, 0.6) is 5.75 Å². The molecule has 7 nitrogen and oxygen atoms in total. The van der Waals surface area contributed by atoms with E-state index < -0.39 is 29.7 Å². The van der Waals surface area contributed by atoms with Gasteiger partial charge in [0.15, 0.2) is 5.60 Å². The molecule has 2 aliphatic heterocycles. The van der Waals surface area contributed by atoms with Crippen molar-refractivity contribution >= 4 is 11.6 Å². The lowest BCUT2D eigenvalue weighted by Crippen LogP contribution is -2.65. The number of aliphatic hydroxyl groups excluding tert-OH is 3. The minimum Gasteiger partial charge on any atom is -0.496 e. The molecule has 8 heteroatoms. The fraction of sp³-hybridized carbons (Fsp3) is 0.440. The minimum atomic E-state index is -1.67. The summed E-state index contributed by atoms with van der Waals surface area (Å²) in [7, 11) is 0. The molecule has 0 spiro atoms. The molecule has 3 N–H and O–H groups in total. The molecule has 5 atom stereocenters. The van der Waals surface area contributed by atoms with Crippen LogP contribution in [-0.4, -0.2) is 59.1 Å². The van der Waals surface area contributed by atoms with Crippen molar-refractivity contribution in [2.24, 2.45) is 0 Å². The Bertz CT molecular complexity index is 1010.